The number of rotatable bonds is 6. The van der Waals surface area contributed by atoms with Crippen LogP contribution in [0.15, 0.2) is 17.5 Å². The summed E-state index contributed by atoms with van der Waals surface area (Å²) < 4.78 is 0. The van der Waals surface area contributed by atoms with Crippen LogP contribution >= 0.6 is 11.3 Å². The predicted octanol–water partition coefficient (Wildman–Crippen LogP) is 2.22. The number of aliphatic carboxylic acids is 1. The van der Waals surface area contributed by atoms with E-state index in [9.17, 15) is 9.59 Å². The Morgan fingerprint density at radius 1 is 1.48 bits per heavy atom. The van der Waals surface area contributed by atoms with E-state index in [0.29, 0.717) is 12.0 Å². The number of carboxylic acid groups (broad SMARTS) is 1. The Kier molecular flexibility index (Phi) is 5.52. The molecule has 0 aliphatic carbocycles. The molecule has 0 spiro atoms. The van der Waals surface area contributed by atoms with Crippen molar-refractivity contribution in [1.82, 2.24) is 4.90 Å². The van der Waals surface area contributed by atoms with E-state index in [1.165, 1.54) is 17.4 Å². The van der Waals surface area contributed by atoms with Gasteiger partial charge in [0.15, 0.2) is 0 Å². The Morgan fingerprint density at radius 3 is 3.00 bits per heavy atom. The molecule has 2 rings (SSSR count). The van der Waals surface area contributed by atoms with Gasteiger partial charge in [-0.05, 0) is 37.8 Å². The fourth-order valence-corrected chi connectivity index (χ4v) is 3.38. The molecular weight excluding hydrogens is 290 g/mol. The fraction of sp³-hybridized carbons (Fsp3) is 0.467. The molecule has 114 valence electrons. The Balaban J connectivity index is 2.04. The summed E-state index contributed by atoms with van der Waals surface area (Å²) in [4.78, 5) is 25.6. The van der Waals surface area contributed by atoms with Gasteiger partial charge in [-0.2, -0.15) is 0 Å². The molecule has 1 unspecified atom stereocenters. The Hall–Kier alpha value is -1.66. The molecule has 6 heteroatoms. The van der Waals surface area contributed by atoms with Crippen molar-refractivity contribution in [2.45, 2.75) is 31.7 Å². The van der Waals surface area contributed by atoms with Crippen LogP contribution in [0.2, 0.25) is 0 Å². The highest BCUT2D eigenvalue weighted by Gasteiger charge is 2.29. The zero-order chi connectivity index (χ0) is 15.2. The zero-order valence-corrected chi connectivity index (χ0v) is 12.5. The number of thiophene rings is 1. The summed E-state index contributed by atoms with van der Waals surface area (Å²) in [5.41, 5.74) is 0.612. The summed E-state index contributed by atoms with van der Waals surface area (Å²) in [7, 11) is 0. The van der Waals surface area contributed by atoms with E-state index in [1.807, 2.05) is 4.90 Å². The van der Waals surface area contributed by atoms with Crippen molar-refractivity contribution in [2.75, 3.05) is 13.2 Å². The van der Waals surface area contributed by atoms with E-state index in [1.54, 1.807) is 11.4 Å². The number of likely N-dealkylation sites (tertiary alicyclic amines) is 1. The minimum Gasteiger partial charge on any atom is -0.478 e. The van der Waals surface area contributed by atoms with Crippen LogP contribution in [0.5, 0.6) is 0 Å². The molecule has 1 atom stereocenters. The van der Waals surface area contributed by atoms with Crippen molar-refractivity contribution >= 4 is 29.3 Å². The first-order valence-electron chi connectivity index (χ1n) is 7.03. The summed E-state index contributed by atoms with van der Waals surface area (Å²) in [5.74, 6) is -0.999. The molecule has 1 aliphatic heterocycles. The Morgan fingerprint density at radius 2 is 2.29 bits per heavy atom. The van der Waals surface area contributed by atoms with Gasteiger partial charge in [0.25, 0.3) is 5.91 Å². The largest absolute Gasteiger partial charge is 0.478 e. The van der Waals surface area contributed by atoms with Crippen LogP contribution in [0.25, 0.3) is 6.08 Å². The third-order valence-electron chi connectivity index (χ3n) is 3.59. The van der Waals surface area contributed by atoms with Crippen molar-refractivity contribution in [3.05, 3.63) is 28.0 Å². The van der Waals surface area contributed by atoms with Gasteiger partial charge in [0.1, 0.15) is 0 Å². The molecule has 1 aromatic rings. The van der Waals surface area contributed by atoms with Crippen molar-refractivity contribution in [1.29, 1.82) is 0 Å². The van der Waals surface area contributed by atoms with Crippen LogP contribution in [0, 0.1) is 0 Å². The van der Waals surface area contributed by atoms with E-state index in [4.69, 9.17) is 10.2 Å². The number of aliphatic hydroxyl groups is 1. The average Bonchev–Trinajstić information content (AvgIpc) is 3.11. The Bertz CT molecular complexity index is 538. The van der Waals surface area contributed by atoms with Gasteiger partial charge in [0, 0.05) is 35.5 Å². The molecule has 0 aromatic carbocycles. The number of hydrogen-bond acceptors (Lipinski definition) is 4. The topological polar surface area (TPSA) is 77.8 Å². The lowest BCUT2D eigenvalue weighted by molar-refractivity contribution is -0.131. The second-order valence-electron chi connectivity index (χ2n) is 5.07. The molecule has 1 aliphatic rings. The normalized spacial score (nSPS) is 18.5. The molecule has 21 heavy (non-hydrogen) atoms. The van der Waals surface area contributed by atoms with Gasteiger partial charge in [-0.25, -0.2) is 4.79 Å². The minimum absolute atomic E-state index is 0.00154. The average molecular weight is 309 g/mol. The summed E-state index contributed by atoms with van der Waals surface area (Å²) >= 11 is 1.36. The second-order valence-corrected chi connectivity index (χ2v) is 6.01. The second kappa shape index (κ2) is 7.38. The van der Waals surface area contributed by atoms with Gasteiger partial charge >= 0.3 is 5.97 Å². The molecule has 2 N–H and O–H groups in total. The van der Waals surface area contributed by atoms with Crippen LogP contribution in [0.1, 0.15) is 40.9 Å². The number of carbonyl (C=O) groups excluding carboxylic acids is 1. The van der Waals surface area contributed by atoms with Gasteiger partial charge in [-0.1, -0.05) is 0 Å². The van der Waals surface area contributed by atoms with Gasteiger partial charge < -0.3 is 15.1 Å². The minimum atomic E-state index is -1.00. The maximum Gasteiger partial charge on any atom is 0.328 e. The maximum atomic E-state index is 12.5. The zero-order valence-electron chi connectivity index (χ0n) is 11.7. The van der Waals surface area contributed by atoms with E-state index >= 15 is 0 Å². The van der Waals surface area contributed by atoms with Crippen molar-refractivity contribution < 1.29 is 19.8 Å². The fourth-order valence-electron chi connectivity index (χ4n) is 2.60. The molecular formula is C15H19NO4S. The molecule has 0 radical (unpaired) electrons. The van der Waals surface area contributed by atoms with Crippen molar-refractivity contribution in [3.8, 4) is 0 Å². The van der Waals surface area contributed by atoms with Crippen LogP contribution in [-0.2, 0) is 4.79 Å². The molecule has 1 aromatic heterocycles. The number of amides is 1. The van der Waals surface area contributed by atoms with Gasteiger partial charge in [0.2, 0.25) is 0 Å². The lowest BCUT2D eigenvalue weighted by Crippen LogP contribution is -2.35. The first-order valence-corrected chi connectivity index (χ1v) is 7.91. The summed E-state index contributed by atoms with van der Waals surface area (Å²) in [6.45, 7) is 0.909. The van der Waals surface area contributed by atoms with E-state index in [-0.39, 0.29) is 18.6 Å². The van der Waals surface area contributed by atoms with Crippen LogP contribution in [0.3, 0.4) is 0 Å². The highest BCUT2D eigenvalue weighted by atomic mass is 32.1. The maximum absolute atomic E-state index is 12.5. The third kappa shape index (κ3) is 4.15. The summed E-state index contributed by atoms with van der Waals surface area (Å²) in [6.07, 6.45) is 6.10. The molecule has 0 saturated carbocycles. The quantitative estimate of drug-likeness (QED) is 0.790. The molecule has 1 saturated heterocycles. The summed E-state index contributed by atoms with van der Waals surface area (Å²) in [6, 6.07) is 1.94. The first kappa shape index (κ1) is 15.7. The number of nitrogens with zero attached hydrogens (tertiary/aromatic N) is 1. The monoisotopic (exact) mass is 309 g/mol. The summed E-state index contributed by atoms with van der Waals surface area (Å²) in [5, 5.41) is 19.3. The van der Waals surface area contributed by atoms with Gasteiger partial charge in [0.05, 0.1) is 5.56 Å². The number of aliphatic hydroxyl groups excluding tert-OH is 1. The standard InChI is InChI=1S/C15H19NO4S/c17-8-2-4-12-3-1-7-16(12)15(20)11-9-13(21-10-11)5-6-14(18)19/h5-6,9-10,12,17H,1-4,7-8H2,(H,18,19). The third-order valence-corrected chi connectivity index (χ3v) is 4.49. The molecule has 2 heterocycles. The lowest BCUT2D eigenvalue weighted by atomic mass is 10.1. The molecule has 0 bridgehead atoms. The molecule has 1 fully saturated rings. The number of carbonyl (C=O) groups is 2. The lowest BCUT2D eigenvalue weighted by Gasteiger charge is -2.24. The van der Waals surface area contributed by atoms with Gasteiger partial charge in [-0.15, -0.1) is 11.3 Å². The number of carboxylic acids is 1. The SMILES string of the molecule is O=C(O)C=Cc1cc(C(=O)N2CCCC2CCCO)cs1. The highest BCUT2D eigenvalue weighted by molar-refractivity contribution is 7.11. The highest BCUT2D eigenvalue weighted by Crippen LogP contribution is 2.25. The van der Waals surface area contributed by atoms with Crippen LogP contribution < -0.4 is 0 Å². The van der Waals surface area contributed by atoms with Crippen LogP contribution in [-0.4, -0.2) is 46.2 Å². The van der Waals surface area contributed by atoms with Gasteiger partial charge in [-0.3, -0.25) is 4.79 Å². The van der Waals surface area contributed by atoms with Crippen molar-refractivity contribution in [2.24, 2.45) is 0 Å². The van der Waals surface area contributed by atoms with Crippen LogP contribution in [0.4, 0.5) is 0 Å². The van der Waals surface area contributed by atoms with E-state index in [0.717, 1.165) is 36.8 Å². The first-order chi connectivity index (χ1) is 10.1. The number of hydrogen-bond donors (Lipinski definition) is 2. The predicted molar refractivity (Wildman–Crippen MR) is 81.4 cm³/mol. The van der Waals surface area contributed by atoms with Crippen molar-refractivity contribution in [3.63, 3.8) is 0 Å². The smallest absolute Gasteiger partial charge is 0.328 e. The van der Waals surface area contributed by atoms with E-state index < -0.39 is 5.97 Å². The Labute approximate surface area is 127 Å². The van der Waals surface area contributed by atoms with E-state index in [2.05, 4.69) is 0 Å². The molecule has 1 amide bonds. The molecule has 5 nitrogen and oxygen atoms in total.